The summed E-state index contributed by atoms with van der Waals surface area (Å²) < 4.78 is 0. The maximum absolute atomic E-state index is 13.6. The summed E-state index contributed by atoms with van der Waals surface area (Å²) in [4.78, 5) is 64.8. The molecule has 8 rings (SSSR count). The van der Waals surface area contributed by atoms with Crippen molar-refractivity contribution in [1.82, 2.24) is 9.97 Å². The first kappa shape index (κ1) is 51.9. The molecule has 4 aromatic carbocycles. The second-order valence-electron chi connectivity index (χ2n) is 18.8. The number of aliphatic hydroxyl groups excluding tert-OH is 1. The van der Waals surface area contributed by atoms with Crippen LogP contribution < -0.4 is 44.5 Å². The largest absolute Gasteiger partial charge is 1.00 e. The van der Waals surface area contributed by atoms with Crippen molar-refractivity contribution in [2.24, 2.45) is 0 Å². The maximum atomic E-state index is 13.6. The molecule has 2 aliphatic rings. The van der Waals surface area contributed by atoms with Crippen LogP contribution in [0, 0.1) is 13.8 Å². The number of amides is 2. The van der Waals surface area contributed by atoms with E-state index in [1.807, 2.05) is 86.6 Å². The van der Waals surface area contributed by atoms with E-state index in [1.165, 1.54) is 9.80 Å². The molecular formula is C58H59N4NaO6. The number of aryl methyl sites for hydroxylation is 2. The summed E-state index contributed by atoms with van der Waals surface area (Å²) in [5, 5.41) is 24.5. The van der Waals surface area contributed by atoms with Gasteiger partial charge in [0.05, 0.1) is 41.4 Å². The second kappa shape index (κ2) is 21.9. The van der Waals surface area contributed by atoms with Crippen LogP contribution in [0.4, 0.5) is 11.4 Å². The van der Waals surface area contributed by atoms with Gasteiger partial charge < -0.3 is 10.2 Å². The number of hydrogen-bond acceptors (Lipinski definition) is 8. The van der Waals surface area contributed by atoms with Crippen LogP contribution in [0.15, 0.2) is 151 Å². The van der Waals surface area contributed by atoms with E-state index >= 15 is 0 Å². The van der Waals surface area contributed by atoms with Gasteiger partial charge in [-0.15, -0.1) is 0 Å². The number of carbonyl (C=O) groups is 4. The Balaban J connectivity index is 0.000000224. The average Bonchev–Trinajstić information content (AvgIpc) is 3.76. The van der Waals surface area contributed by atoms with Crippen LogP contribution >= 0.6 is 0 Å². The van der Waals surface area contributed by atoms with Crippen molar-refractivity contribution in [3.05, 3.63) is 207 Å². The minimum absolute atomic E-state index is 0. The molecule has 0 spiro atoms. The second-order valence-corrected chi connectivity index (χ2v) is 18.8. The summed E-state index contributed by atoms with van der Waals surface area (Å²) in [6.45, 7) is 20.5. The molecule has 2 amide bonds. The number of hydrogen-bond donors (Lipinski definition) is 1. The van der Waals surface area contributed by atoms with Crippen molar-refractivity contribution in [1.29, 1.82) is 0 Å². The zero-order valence-corrected chi connectivity index (χ0v) is 43.4. The number of aliphatic hydroxyl groups is 1. The zero-order chi connectivity index (χ0) is 49.1. The van der Waals surface area contributed by atoms with E-state index in [2.05, 4.69) is 65.4 Å². The summed E-state index contributed by atoms with van der Waals surface area (Å²) >= 11 is 0. The Hall–Kier alpha value is -6.46. The van der Waals surface area contributed by atoms with Gasteiger partial charge in [0, 0.05) is 28.1 Å². The van der Waals surface area contributed by atoms with E-state index in [-0.39, 0.29) is 46.5 Å². The van der Waals surface area contributed by atoms with Crippen LogP contribution in [0.3, 0.4) is 0 Å². The molecule has 1 fully saturated rings. The Morgan fingerprint density at radius 3 is 1.26 bits per heavy atom. The van der Waals surface area contributed by atoms with Crippen LogP contribution in [0.5, 0.6) is 0 Å². The van der Waals surface area contributed by atoms with Gasteiger partial charge in [-0.1, -0.05) is 152 Å². The summed E-state index contributed by atoms with van der Waals surface area (Å²) in [7, 11) is 0. The minimum Gasteiger partial charge on any atom is -0.868 e. The number of carbonyl (C=O) groups excluding carboxylic acids is 4. The summed E-state index contributed by atoms with van der Waals surface area (Å²) in [5.74, 6) is -2.11. The predicted octanol–water partition coefficient (Wildman–Crippen LogP) is 8.49. The Labute approximate surface area is 428 Å². The smallest absolute Gasteiger partial charge is 0.868 e. The molecule has 2 unspecified atom stereocenters. The third-order valence-electron chi connectivity index (χ3n) is 12.8. The third kappa shape index (κ3) is 10.9. The predicted molar refractivity (Wildman–Crippen MR) is 266 cm³/mol. The molecule has 69 heavy (non-hydrogen) atoms. The number of pyridine rings is 2. The molecule has 0 saturated carbocycles. The van der Waals surface area contributed by atoms with Gasteiger partial charge in [-0.05, 0) is 101 Å². The molecule has 4 heterocycles. The molecular weight excluding hydrogens is 872 g/mol. The number of ketones is 2. The first-order chi connectivity index (χ1) is 32.4. The molecule has 11 heteroatoms. The van der Waals surface area contributed by atoms with E-state index in [1.54, 1.807) is 60.9 Å². The molecule has 0 radical (unpaired) electrons. The van der Waals surface area contributed by atoms with E-state index in [9.17, 15) is 29.4 Å². The van der Waals surface area contributed by atoms with Gasteiger partial charge in [0.1, 0.15) is 5.76 Å². The van der Waals surface area contributed by atoms with Crippen molar-refractivity contribution < 1.29 is 58.9 Å². The van der Waals surface area contributed by atoms with E-state index in [0.717, 1.165) is 39.2 Å². The number of Topliss-reactive ketones (excluding diaryl/α,β-unsaturated/α-hetero) is 2. The van der Waals surface area contributed by atoms with Gasteiger partial charge in [-0.2, -0.15) is 0 Å². The molecule has 0 bridgehead atoms. The van der Waals surface area contributed by atoms with Gasteiger partial charge in [0.2, 0.25) is 5.91 Å². The van der Waals surface area contributed by atoms with Crippen LogP contribution in [-0.4, -0.2) is 38.5 Å². The van der Waals surface area contributed by atoms with Crippen molar-refractivity contribution in [3.8, 4) is 0 Å². The van der Waals surface area contributed by atoms with Crippen LogP contribution in [0.2, 0.25) is 0 Å². The quantitative estimate of drug-likeness (QED) is 0.0448. The van der Waals surface area contributed by atoms with Crippen LogP contribution in [0.25, 0.3) is 5.76 Å². The average molecular weight is 931 g/mol. The molecule has 2 atom stereocenters. The van der Waals surface area contributed by atoms with E-state index in [4.69, 9.17) is 0 Å². The summed E-state index contributed by atoms with van der Waals surface area (Å²) in [6.07, 6.45) is 3.16. The summed E-state index contributed by atoms with van der Waals surface area (Å²) in [5.41, 5.74) is 9.56. The minimum atomic E-state index is -0.817. The molecule has 1 N–H and O–H groups in total. The van der Waals surface area contributed by atoms with Crippen molar-refractivity contribution >= 4 is 40.5 Å². The molecule has 6 aromatic rings. The number of anilines is 2. The topological polar surface area (TPSA) is 144 Å². The monoisotopic (exact) mass is 930 g/mol. The van der Waals surface area contributed by atoms with Crippen LogP contribution in [-0.2, 0) is 14.4 Å². The van der Waals surface area contributed by atoms with Crippen molar-refractivity contribution in [2.45, 2.75) is 105 Å². The first-order valence-electron chi connectivity index (χ1n) is 23.2. The number of aromatic nitrogens is 2. The normalized spacial score (nSPS) is 16.7. The number of nitrogens with zero attached hydrogens (tertiary/aromatic N) is 4. The SMILES string of the molecule is Cc1ccc(N2C(=O)C(=O)C(=C(O)c3ccc(C(C)C)cc3)C2c2ccc(C(C)C)cc2)cn1.Cc1ccc(N2C(=O)C([O-])=C(C(=O)c3ccc(C(C)C)cc3)C2c2ccc(C(C)C)cc2)cn1.[Na+]. The van der Waals surface area contributed by atoms with Crippen LogP contribution in [0.1, 0.15) is 152 Å². The van der Waals surface area contributed by atoms with E-state index < -0.39 is 41.2 Å². The fraction of sp³-hybridized carbons (Fsp3) is 0.276. The maximum Gasteiger partial charge on any atom is 1.00 e. The third-order valence-corrected chi connectivity index (χ3v) is 12.8. The Morgan fingerprint density at radius 2 is 0.884 bits per heavy atom. The standard InChI is InChI=1S/2C29H30N2O3.Na/c2*1-17(2)20-7-11-22(12-8-20)26-25(27(32)23-13-9-21(10-14-23)18(3)4)28(33)29(34)31(26)24-15-6-19(5)30-16-24;/h6-18,26,33H,1-5H3;6-18,26,32H,1-5H3;/q;;+1/p-1. The van der Waals surface area contributed by atoms with Gasteiger partial charge >= 0.3 is 29.6 Å². The number of benzene rings is 4. The fourth-order valence-corrected chi connectivity index (χ4v) is 8.51. The number of rotatable bonds is 11. The van der Waals surface area contributed by atoms with Gasteiger partial charge in [-0.25, -0.2) is 0 Å². The fourth-order valence-electron chi connectivity index (χ4n) is 8.51. The van der Waals surface area contributed by atoms with Gasteiger partial charge in [0.25, 0.3) is 11.7 Å². The van der Waals surface area contributed by atoms with Crippen molar-refractivity contribution in [3.63, 3.8) is 0 Å². The molecule has 348 valence electrons. The molecule has 10 nitrogen and oxygen atoms in total. The zero-order valence-electron chi connectivity index (χ0n) is 41.4. The molecule has 2 aliphatic heterocycles. The Kier molecular flexibility index (Phi) is 16.5. The van der Waals surface area contributed by atoms with E-state index in [0.29, 0.717) is 51.7 Å². The molecule has 0 aliphatic carbocycles. The van der Waals surface area contributed by atoms with Gasteiger partial charge in [0.15, 0.2) is 5.78 Å². The van der Waals surface area contributed by atoms with Crippen molar-refractivity contribution in [2.75, 3.05) is 9.80 Å². The first-order valence-corrected chi connectivity index (χ1v) is 23.2. The Morgan fingerprint density at radius 1 is 0.522 bits per heavy atom. The summed E-state index contributed by atoms with van der Waals surface area (Å²) in [6, 6.07) is 35.9. The molecule has 1 saturated heterocycles. The Bertz CT molecular complexity index is 2880. The molecule has 2 aromatic heterocycles. The van der Waals surface area contributed by atoms with Gasteiger partial charge in [-0.3, -0.25) is 38.9 Å².